The number of amides is 1. The van der Waals surface area contributed by atoms with E-state index < -0.39 is 0 Å². The minimum Gasteiger partial charge on any atom is -0.373 e. The number of aryl methyl sites for hydroxylation is 1. The molecule has 0 aliphatic carbocycles. The van der Waals surface area contributed by atoms with E-state index in [9.17, 15) is 4.79 Å². The average Bonchev–Trinajstić information content (AvgIpc) is 2.90. The van der Waals surface area contributed by atoms with Crippen LogP contribution in [0.2, 0.25) is 0 Å². The van der Waals surface area contributed by atoms with Gasteiger partial charge in [-0.15, -0.1) is 0 Å². The van der Waals surface area contributed by atoms with Crippen molar-refractivity contribution in [3.8, 4) is 0 Å². The van der Waals surface area contributed by atoms with Gasteiger partial charge in [-0.05, 0) is 26.2 Å². The number of primary amides is 1. The number of hydrogen-bond acceptors (Lipinski definition) is 5. The second kappa shape index (κ2) is 6.07. The highest BCUT2D eigenvalue weighted by Gasteiger charge is 2.31. The van der Waals surface area contributed by atoms with E-state index in [1.54, 1.807) is 0 Å². The van der Waals surface area contributed by atoms with Crippen LogP contribution in [0.5, 0.6) is 0 Å². The number of rotatable bonds is 5. The predicted molar refractivity (Wildman–Crippen MR) is 79.9 cm³/mol. The molecule has 1 aromatic rings. The number of anilines is 2. The van der Waals surface area contributed by atoms with Gasteiger partial charge < -0.3 is 16.0 Å². The third-order valence-corrected chi connectivity index (χ3v) is 3.73. The molecule has 20 heavy (non-hydrogen) atoms. The molecule has 0 radical (unpaired) electrons. The Morgan fingerprint density at radius 2 is 2.25 bits per heavy atom. The number of nitrogens with one attached hydrogen (secondary N) is 1. The first-order valence-electron chi connectivity index (χ1n) is 7.19. The van der Waals surface area contributed by atoms with Crippen molar-refractivity contribution in [1.82, 2.24) is 9.97 Å². The molecule has 0 saturated carbocycles. The smallest absolute Gasteiger partial charge is 0.240 e. The van der Waals surface area contributed by atoms with E-state index in [-0.39, 0.29) is 11.9 Å². The monoisotopic (exact) mass is 277 g/mol. The van der Waals surface area contributed by atoms with E-state index in [0.29, 0.717) is 0 Å². The quantitative estimate of drug-likeness (QED) is 0.845. The summed E-state index contributed by atoms with van der Waals surface area (Å²) < 4.78 is 0. The van der Waals surface area contributed by atoms with E-state index in [1.165, 1.54) is 0 Å². The molecule has 1 amide bonds. The number of nitrogens with zero attached hydrogens (tertiary/aromatic N) is 3. The average molecular weight is 277 g/mol. The second-order valence-electron chi connectivity index (χ2n) is 5.19. The molecule has 0 bridgehead atoms. The SMILES string of the molecule is CCCc1nc(NC)c(C)c(N2CCCC2C(N)=O)n1. The molecule has 1 fully saturated rings. The highest BCUT2D eigenvalue weighted by molar-refractivity contribution is 5.84. The molecule has 3 N–H and O–H groups in total. The molecule has 2 rings (SSSR count). The van der Waals surface area contributed by atoms with Gasteiger partial charge in [0.05, 0.1) is 0 Å². The van der Waals surface area contributed by atoms with E-state index in [1.807, 2.05) is 18.9 Å². The number of hydrogen-bond donors (Lipinski definition) is 2. The lowest BCUT2D eigenvalue weighted by atomic mass is 10.2. The number of carbonyl (C=O) groups excluding carboxylic acids is 1. The summed E-state index contributed by atoms with van der Waals surface area (Å²) in [5.74, 6) is 2.21. The molecule has 1 aliphatic heterocycles. The fourth-order valence-electron chi connectivity index (χ4n) is 2.72. The maximum atomic E-state index is 11.6. The normalized spacial score (nSPS) is 18.4. The Morgan fingerprint density at radius 1 is 1.50 bits per heavy atom. The number of carbonyl (C=O) groups is 1. The van der Waals surface area contributed by atoms with Crippen molar-refractivity contribution in [3.63, 3.8) is 0 Å². The zero-order chi connectivity index (χ0) is 14.7. The maximum Gasteiger partial charge on any atom is 0.240 e. The molecule has 6 nitrogen and oxygen atoms in total. The largest absolute Gasteiger partial charge is 0.373 e. The van der Waals surface area contributed by atoms with Gasteiger partial charge >= 0.3 is 0 Å². The fourth-order valence-corrected chi connectivity index (χ4v) is 2.72. The molecule has 0 spiro atoms. The summed E-state index contributed by atoms with van der Waals surface area (Å²) in [7, 11) is 1.85. The van der Waals surface area contributed by atoms with Gasteiger partial charge in [-0.3, -0.25) is 4.79 Å². The molecule has 1 aromatic heterocycles. The Bertz CT molecular complexity index is 503. The molecular weight excluding hydrogens is 254 g/mol. The van der Waals surface area contributed by atoms with Crippen LogP contribution in [-0.4, -0.2) is 35.5 Å². The molecule has 2 heterocycles. The van der Waals surface area contributed by atoms with Crippen LogP contribution in [-0.2, 0) is 11.2 Å². The Labute approximate surface area is 119 Å². The van der Waals surface area contributed by atoms with Gasteiger partial charge in [0, 0.05) is 25.6 Å². The first kappa shape index (κ1) is 14.6. The molecule has 0 aromatic carbocycles. The molecule has 1 aliphatic rings. The Balaban J connectivity index is 2.43. The van der Waals surface area contributed by atoms with E-state index in [4.69, 9.17) is 5.73 Å². The third kappa shape index (κ3) is 2.69. The summed E-state index contributed by atoms with van der Waals surface area (Å²) in [5, 5.41) is 3.11. The van der Waals surface area contributed by atoms with Gasteiger partial charge in [0.1, 0.15) is 23.5 Å². The summed E-state index contributed by atoms with van der Waals surface area (Å²) in [5.41, 5.74) is 6.48. The van der Waals surface area contributed by atoms with Crippen LogP contribution >= 0.6 is 0 Å². The minimum atomic E-state index is -0.274. The van der Waals surface area contributed by atoms with E-state index in [2.05, 4.69) is 22.2 Å². The first-order valence-corrected chi connectivity index (χ1v) is 7.19. The molecule has 110 valence electrons. The zero-order valence-electron chi connectivity index (χ0n) is 12.4. The third-order valence-electron chi connectivity index (χ3n) is 3.73. The van der Waals surface area contributed by atoms with Crippen LogP contribution in [0.25, 0.3) is 0 Å². The number of nitrogens with two attached hydrogens (primary N) is 1. The van der Waals surface area contributed by atoms with E-state index >= 15 is 0 Å². The van der Waals surface area contributed by atoms with Crippen molar-refractivity contribution in [2.45, 2.75) is 45.6 Å². The maximum absolute atomic E-state index is 11.6. The fraction of sp³-hybridized carbons (Fsp3) is 0.643. The van der Waals surface area contributed by atoms with Gasteiger partial charge in [0.25, 0.3) is 0 Å². The Hall–Kier alpha value is -1.85. The number of aromatic nitrogens is 2. The first-order chi connectivity index (χ1) is 9.58. The highest BCUT2D eigenvalue weighted by Crippen LogP contribution is 2.29. The predicted octanol–water partition coefficient (Wildman–Crippen LogP) is 1.23. The lowest BCUT2D eigenvalue weighted by Crippen LogP contribution is -2.41. The van der Waals surface area contributed by atoms with Crippen molar-refractivity contribution in [2.24, 2.45) is 5.73 Å². The second-order valence-corrected chi connectivity index (χ2v) is 5.19. The van der Waals surface area contributed by atoms with Crippen LogP contribution < -0.4 is 16.0 Å². The van der Waals surface area contributed by atoms with Crippen LogP contribution in [0.4, 0.5) is 11.6 Å². The van der Waals surface area contributed by atoms with Crippen LogP contribution in [0.15, 0.2) is 0 Å². The highest BCUT2D eigenvalue weighted by atomic mass is 16.1. The van der Waals surface area contributed by atoms with E-state index in [0.717, 1.165) is 55.3 Å². The molecule has 1 saturated heterocycles. The van der Waals surface area contributed by atoms with Gasteiger partial charge in [-0.25, -0.2) is 9.97 Å². The Morgan fingerprint density at radius 3 is 2.85 bits per heavy atom. The van der Waals surface area contributed by atoms with Crippen molar-refractivity contribution in [2.75, 3.05) is 23.8 Å². The van der Waals surface area contributed by atoms with Gasteiger partial charge in [0.2, 0.25) is 5.91 Å². The lowest BCUT2D eigenvalue weighted by Gasteiger charge is -2.26. The molecule has 6 heteroatoms. The summed E-state index contributed by atoms with van der Waals surface area (Å²) in [4.78, 5) is 22.8. The van der Waals surface area contributed by atoms with Crippen molar-refractivity contribution in [3.05, 3.63) is 11.4 Å². The summed E-state index contributed by atoms with van der Waals surface area (Å²) in [6.45, 7) is 4.90. The van der Waals surface area contributed by atoms with Crippen LogP contribution in [0.3, 0.4) is 0 Å². The zero-order valence-corrected chi connectivity index (χ0v) is 12.4. The molecular formula is C14H23N5O. The van der Waals surface area contributed by atoms with Crippen molar-refractivity contribution in [1.29, 1.82) is 0 Å². The van der Waals surface area contributed by atoms with Crippen molar-refractivity contribution >= 4 is 17.5 Å². The van der Waals surface area contributed by atoms with Gasteiger partial charge in [-0.1, -0.05) is 6.92 Å². The van der Waals surface area contributed by atoms with Gasteiger partial charge in [0.15, 0.2) is 0 Å². The van der Waals surface area contributed by atoms with Crippen molar-refractivity contribution < 1.29 is 4.79 Å². The Kier molecular flexibility index (Phi) is 4.42. The molecule has 1 atom stereocenters. The lowest BCUT2D eigenvalue weighted by molar-refractivity contribution is -0.119. The standard InChI is InChI=1S/C14H23N5O/c1-4-6-11-17-13(16-3)9(2)14(18-11)19-8-5-7-10(19)12(15)20/h10H,4-8H2,1-3H3,(H2,15,20)(H,16,17,18). The summed E-state index contributed by atoms with van der Waals surface area (Å²) >= 11 is 0. The molecule has 1 unspecified atom stereocenters. The summed E-state index contributed by atoms with van der Waals surface area (Å²) in [6.07, 6.45) is 3.59. The summed E-state index contributed by atoms with van der Waals surface area (Å²) in [6, 6.07) is -0.247. The topological polar surface area (TPSA) is 84.1 Å². The van der Waals surface area contributed by atoms with Gasteiger partial charge in [-0.2, -0.15) is 0 Å². The van der Waals surface area contributed by atoms with Crippen LogP contribution in [0, 0.1) is 6.92 Å². The minimum absolute atomic E-state index is 0.247. The van der Waals surface area contributed by atoms with Crippen LogP contribution in [0.1, 0.15) is 37.6 Å².